The number of alkyl halides is 1. The number of carbonyl (C=O) groups is 1. The maximum atomic E-state index is 12.4. The Hall–Kier alpha value is -2.46. The summed E-state index contributed by atoms with van der Waals surface area (Å²) in [7, 11) is 3.20. The zero-order chi connectivity index (χ0) is 22.3. The fraction of sp³-hybridized carbons (Fsp3) is 0.444. The van der Waals surface area contributed by atoms with Gasteiger partial charge in [-0.15, -0.1) is 11.6 Å². The van der Waals surface area contributed by atoms with Gasteiger partial charge in [0.1, 0.15) is 0 Å². The molecule has 4 saturated carbocycles. The Morgan fingerprint density at radius 2 is 1.69 bits per heavy atom. The van der Waals surface area contributed by atoms with Crippen LogP contribution in [0.1, 0.15) is 49.7 Å². The highest BCUT2D eigenvalue weighted by atomic mass is 35.5. The second-order valence-electron chi connectivity index (χ2n) is 9.91. The van der Waals surface area contributed by atoms with Crippen LogP contribution in [0.25, 0.3) is 6.08 Å². The molecular weight excluding hydrogens is 422 g/mol. The Morgan fingerprint density at radius 3 is 2.31 bits per heavy atom. The number of benzene rings is 2. The molecule has 4 aliphatic rings. The molecule has 0 spiro atoms. The molecule has 2 aromatic rings. The number of hydrogen-bond acceptors (Lipinski definition) is 3. The summed E-state index contributed by atoms with van der Waals surface area (Å²) in [6.07, 6.45) is 10.6. The van der Waals surface area contributed by atoms with Crippen LogP contribution in [-0.4, -0.2) is 25.0 Å². The van der Waals surface area contributed by atoms with E-state index in [-0.39, 0.29) is 16.2 Å². The normalized spacial score (nSPS) is 30.5. The van der Waals surface area contributed by atoms with E-state index in [2.05, 4.69) is 17.4 Å². The van der Waals surface area contributed by atoms with Crippen molar-refractivity contribution < 1.29 is 14.3 Å². The van der Waals surface area contributed by atoms with Crippen molar-refractivity contribution in [3.63, 3.8) is 0 Å². The Labute approximate surface area is 194 Å². The molecule has 168 valence electrons. The smallest absolute Gasteiger partial charge is 0.248 e. The first-order valence-electron chi connectivity index (χ1n) is 11.4. The third kappa shape index (κ3) is 4.01. The molecule has 0 saturated heterocycles. The Morgan fingerprint density at radius 1 is 1.00 bits per heavy atom. The van der Waals surface area contributed by atoms with Crippen LogP contribution < -0.4 is 14.8 Å². The fourth-order valence-corrected chi connectivity index (χ4v) is 7.40. The molecule has 2 unspecified atom stereocenters. The number of carbonyl (C=O) groups excluding carboxylic acids is 1. The van der Waals surface area contributed by atoms with Gasteiger partial charge in [-0.25, -0.2) is 0 Å². The van der Waals surface area contributed by atoms with E-state index < -0.39 is 0 Å². The van der Waals surface area contributed by atoms with Gasteiger partial charge in [-0.2, -0.15) is 0 Å². The lowest BCUT2D eigenvalue weighted by Crippen LogP contribution is -2.55. The summed E-state index contributed by atoms with van der Waals surface area (Å²) < 4.78 is 10.6. The van der Waals surface area contributed by atoms with E-state index in [1.807, 2.05) is 30.3 Å². The van der Waals surface area contributed by atoms with Crippen LogP contribution in [0.3, 0.4) is 0 Å². The van der Waals surface area contributed by atoms with Crippen molar-refractivity contribution in [1.29, 1.82) is 0 Å². The van der Waals surface area contributed by atoms with Crippen molar-refractivity contribution in [2.75, 3.05) is 19.5 Å². The molecule has 4 nitrogen and oxygen atoms in total. The van der Waals surface area contributed by atoms with Gasteiger partial charge in [0.2, 0.25) is 5.91 Å². The van der Waals surface area contributed by atoms with Crippen LogP contribution >= 0.6 is 11.6 Å². The van der Waals surface area contributed by atoms with E-state index in [4.69, 9.17) is 21.1 Å². The van der Waals surface area contributed by atoms with E-state index in [1.54, 1.807) is 20.3 Å². The zero-order valence-electron chi connectivity index (χ0n) is 18.7. The highest BCUT2D eigenvalue weighted by Gasteiger charge is 2.57. The summed E-state index contributed by atoms with van der Waals surface area (Å²) in [5.41, 5.74) is 3.28. The van der Waals surface area contributed by atoms with Crippen LogP contribution in [0.5, 0.6) is 11.5 Å². The first-order chi connectivity index (χ1) is 15.4. The first kappa shape index (κ1) is 21.4. The van der Waals surface area contributed by atoms with Gasteiger partial charge in [0.05, 0.1) is 14.2 Å². The summed E-state index contributed by atoms with van der Waals surface area (Å²) >= 11 is 7.01. The zero-order valence-corrected chi connectivity index (χ0v) is 19.5. The minimum Gasteiger partial charge on any atom is -0.493 e. The predicted octanol–water partition coefficient (Wildman–Crippen LogP) is 6.18. The van der Waals surface area contributed by atoms with Gasteiger partial charge in [0, 0.05) is 16.6 Å². The van der Waals surface area contributed by atoms with Gasteiger partial charge in [-0.1, -0.05) is 18.2 Å². The van der Waals surface area contributed by atoms with Crippen LogP contribution in [0.2, 0.25) is 0 Å². The van der Waals surface area contributed by atoms with Gasteiger partial charge >= 0.3 is 0 Å². The molecule has 0 heterocycles. The fourth-order valence-electron chi connectivity index (χ4n) is 6.71. The molecule has 4 fully saturated rings. The van der Waals surface area contributed by atoms with Crippen molar-refractivity contribution in [1.82, 2.24) is 0 Å². The van der Waals surface area contributed by atoms with Crippen molar-refractivity contribution in [3.8, 4) is 11.5 Å². The van der Waals surface area contributed by atoms with E-state index in [0.717, 1.165) is 29.5 Å². The summed E-state index contributed by atoms with van der Waals surface area (Å²) in [5.74, 6) is 2.68. The number of rotatable bonds is 6. The van der Waals surface area contributed by atoms with Crippen molar-refractivity contribution in [3.05, 3.63) is 59.7 Å². The van der Waals surface area contributed by atoms with Gasteiger partial charge in [0.15, 0.2) is 11.5 Å². The topological polar surface area (TPSA) is 47.6 Å². The van der Waals surface area contributed by atoms with Gasteiger partial charge in [0.25, 0.3) is 0 Å². The van der Waals surface area contributed by atoms with Gasteiger partial charge < -0.3 is 14.8 Å². The molecule has 4 bridgehead atoms. The third-order valence-corrected chi connectivity index (χ3v) is 8.03. The summed E-state index contributed by atoms with van der Waals surface area (Å²) in [6, 6.07) is 14.0. The standard InChI is InChI=1S/C27H30ClNO3/c1-31-23-9-3-18(12-24(23)32-2)4-10-25(30)29-22-7-5-21(6-8-22)26-13-19-11-20(14-26)16-27(28,15-19)17-26/h3-10,12,19-20H,11,13-17H2,1-2H3,(H,29,30). The van der Waals surface area contributed by atoms with Crippen molar-refractivity contribution in [2.45, 2.75) is 48.8 Å². The predicted molar refractivity (Wildman–Crippen MR) is 129 cm³/mol. The maximum absolute atomic E-state index is 12.4. The summed E-state index contributed by atoms with van der Waals surface area (Å²) in [6.45, 7) is 0. The van der Waals surface area contributed by atoms with Crippen LogP contribution in [-0.2, 0) is 10.2 Å². The second kappa shape index (κ2) is 8.15. The summed E-state index contributed by atoms with van der Waals surface area (Å²) in [5, 5.41) is 2.96. The Kier molecular flexibility index (Phi) is 5.45. The average molecular weight is 452 g/mol. The van der Waals surface area contributed by atoms with Crippen molar-refractivity contribution in [2.24, 2.45) is 11.8 Å². The molecule has 0 aliphatic heterocycles. The van der Waals surface area contributed by atoms with E-state index in [0.29, 0.717) is 11.5 Å². The highest BCUT2D eigenvalue weighted by molar-refractivity contribution is 6.24. The molecule has 5 heteroatoms. The average Bonchev–Trinajstić information content (AvgIpc) is 2.76. The lowest BCUT2D eigenvalue weighted by Gasteiger charge is -2.60. The number of nitrogens with one attached hydrogen (secondary N) is 1. The molecule has 0 aromatic heterocycles. The molecule has 0 radical (unpaired) electrons. The Balaban J connectivity index is 1.25. The first-order valence-corrected chi connectivity index (χ1v) is 11.8. The number of methoxy groups -OCH3 is 2. The molecule has 2 aromatic carbocycles. The summed E-state index contributed by atoms with van der Waals surface area (Å²) in [4.78, 5) is 12.4. The van der Waals surface area contributed by atoms with Crippen molar-refractivity contribution >= 4 is 29.3 Å². The Bertz CT molecular complexity index is 1030. The maximum Gasteiger partial charge on any atom is 0.248 e. The number of anilines is 1. The largest absolute Gasteiger partial charge is 0.493 e. The quantitative estimate of drug-likeness (QED) is 0.421. The molecule has 32 heavy (non-hydrogen) atoms. The molecule has 6 rings (SSSR count). The van der Waals surface area contributed by atoms with E-state index in [9.17, 15) is 4.79 Å². The number of ether oxygens (including phenoxy) is 2. The number of hydrogen-bond donors (Lipinski definition) is 1. The van der Waals surface area contributed by atoms with Crippen LogP contribution in [0.15, 0.2) is 48.5 Å². The third-order valence-electron chi connectivity index (χ3n) is 7.59. The molecule has 2 atom stereocenters. The lowest BCUT2D eigenvalue weighted by atomic mass is 9.47. The molecule has 1 N–H and O–H groups in total. The second-order valence-corrected chi connectivity index (χ2v) is 10.7. The molecule has 4 aliphatic carbocycles. The molecular formula is C27H30ClNO3. The molecule has 1 amide bonds. The number of halogens is 1. The van der Waals surface area contributed by atoms with Crippen LogP contribution in [0.4, 0.5) is 5.69 Å². The van der Waals surface area contributed by atoms with E-state index >= 15 is 0 Å². The van der Waals surface area contributed by atoms with E-state index in [1.165, 1.54) is 43.7 Å². The minimum atomic E-state index is -0.165. The van der Waals surface area contributed by atoms with Gasteiger partial charge in [-0.05, 0) is 97.2 Å². The monoisotopic (exact) mass is 451 g/mol. The minimum absolute atomic E-state index is 0.00586. The number of amides is 1. The lowest BCUT2D eigenvalue weighted by molar-refractivity contribution is -0.111. The highest BCUT2D eigenvalue weighted by Crippen LogP contribution is 2.64. The van der Waals surface area contributed by atoms with Gasteiger partial charge in [-0.3, -0.25) is 4.79 Å². The van der Waals surface area contributed by atoms with Crippen LogP contribution in [0, 0.1) is 11.8 Å². The SMILES string of the molecule is COc1ccc(C=CC(=O)Nc2ccc(C34CC5CC(CC(Cl)(C5)C3)C4)cc2)cc1OC.